The molecule has 1 aliphatic rings. The largest absolute Gasteiger partial charge is 0.377 e. The lowest BCUT2D eigenvalue weighted by atomic mass is 10.2. The Kier molecular flexibility index (Phi) is 3.49. The fraction of sp³-hybridized carbons (Fsp3) is 0.500. The van der Waals surface area contributed by atoms with Crippen molar-refractivity contribution in [3.8, 4) is 0 Å². The zero-order valence-electron chi connectivity index (χ0n) is 8.53. The number of aryl methyl sites for hydroxylation is 1. The molecule has 1 aliphatic heterocycles. The van der Waals surface area contributed by atoms with Crippen LogP contribution < -0.4 is 0 Å². The molecule has 1 saturated heterocycles. The van der Waals surface area contributed by atoms with Gasteiger partial charge in [0.15, 0.2) is 0 Å². The zero-order valence-corrected chi connectivity index (χ0v) is 9.35. The van der Waals surface area contributed by atoms with Crippen LogP contribution in [0.4, 0.5) is 0 Å². The standard InChI is InChI=1S/C12H16OS/c1-10-4-6-12(7-5-10)14-9-11-3-2-8-13-11/h4-7,11H,2-3,8-9H2,1H3/t11-/m1/s1. The Morgan fingerprint density at radius 2 is 2.14 bits per heavy atom. The van der Waals surface area contributed by atoms with Gasteiger partial charge < -0.3 is 4.74 Å². The predicted molar refractivity (Wildman–Crippen MR) is 60.9 cm³/mol. The molecule has 1 atom stereocenters. The lowest BCUT2D eigenvalue weighted by Crippen LogP contribution is -2.07. The molecule has 1 heterocycles. The van der Waals surface area contributed by atoms with Crippen molar-refractivity contribution in [2.24, 2.45) is 0 Å². The summed E-state index contributed by atoms with van der Waals surface area (Å²) in [6.45, 7) is 3.08. The van der Waals surface area contributed by atoms with E-state index in [1.165, 1.54) is 23.3 Å². The highest BCUT2D eigenvalue weighted by molar-refractivity contribution is 7.99. The maximum absolute atomic E-state index is 5.58. The Labute approximate surface area is 89.9 Å². The van der Waals surface area contributed by atoms with E-state index in [2.05, 4.69) is 31.2 Å². The molecule has 76 valence electrons. The van der Waals surface area contributed by atoms with Crippen molar-refractivity contribution in [3.63, 3.8) is 0 Å². The van der Waals surface area contributed by atoms with Gasteiger partial charge in [0.25, 0.3) is 0 Å². The molecule has 1 aromatic carbocycles. The summed E-state index contributed by atoms with van der Waals surface area (Å²) in [6.07, 6.45) is 2.96. The number of ether oxygens (including phenoxy) is 1. The van der Waals surface area contributed by atoms with Crippen LogP contribution in [0.5, 0.6) is 0 Å². The maximum atomic E-state index is 5.58. The second kappa shape index (κ2) is 4.85. The van der Waals surface area contributed by atoms with E-state index in [-0.39, 0.29) is 0 Å². The van der Waals surface area contributed by atoms with Crippen LogP contribution in [0.1, 0.15) is 18.4 Å². The van der Waals surface area contributed by atoms with Gasteiger partial charge in [-0.25, -0.2) is 0 Å². The first-order chi connectivity index (χ1) is 6.84. The molecule has 1 aromatic rings. The van der Waals surface area contributed by atoms with Gasteiger partial charge in [-0.2, -0.15) is 0 Å². The van der Waals surface area contributed by atoms with Gasteiger partial charge in [0.05, 0.1) is 6.10 Å². The third-order valence-corrected chi connectivity index (χ3v) is 3.62. The van der Waals surface area contributed by atoms with Gasteiger partial charge >= 0.3 is 0 Å². The van der Waals surface area contributed by atoms with Crippen LogP contribution in [-0.4, -0.2) is 18.5 Å². The molecule has 1 fully saturated rings. The van der Waals surface area contributed by atoms with Crippen LogP contribution in [0.15, 0.2) is 29.2 Å². The van der Waals surface area contributed by atoms with E-state index in [0.29, 0.717) is 6.10 Å². The number of hydrogen-bond acceptors (Lipinski definition) is 2. The molecule has 2 rings (SSSR count). The number of hydrogen-bond donors (Lipinski definition) is 0. The summed E-state index contributed by atoms with van der Waals surface area (Å²) in [4.78, 5) is 1.35. The molecule has 0 aromatic heterocycles. The minimum Gasteiger partial charge on any atom is -0.377 e. The van der Waals surface area contributed by atoms with Crippen LogP contribution in [0, 0.1) is 6.92 Å². The molecule has 0 amide bonds. The van der Waals surface area contributed by atoms with Gasteiger partial charge in [-0.15, -0.1) is 11.8 Å². The summed E-state index contributed by atoms with van der Waals surface area (Å²) in [7, 11) is 0. The van der Waals surface area contributed by atoms with Crippen molar-refractivity contribution in [2.45, 2.75) is 30.8 Å². The second-order valence-corrected chi connectivity index (χ2v) is 4.85. The fourth-order valence-electron chi connectivity index (χ4n) is 1.60. The van der Waals surface area contributed by atoms with Crippen molar-refractivity contribution in [3.05, 3.63) is 29.8 Å². The molecule has 0 unspecified atom stereocenters. The summed E-state index contributed by atoms with van der Waals surface area (Å²) in [5.74, 6) is 1.10. The number of thioether (sulfide) groups is 1. The molecule has 1 nitrogen and oxygen atoms in total. The Balaban J connectivity index is 1.82. The smallest absolute Gasteiger partial charge is 0.0669 e. The second-order valence-electron chi connectivity index (χ2n) is 3.76. The van der Waals surface area contributed by atoms with E-state index in [0.717, 1.165) is 12.4 Å². The van der Waals surface area contributed by atoms with Crippen LogP contribution >= 0.6 is 11.8 Å². The first-order valence-corrected chi connectivity index (χ1v) is 6.14. The molecule has 2 heteroatoms. The normalized spacial score (nSPS) is 21.4. The van der Waals surface area contributed by atoms with Gasteiger partial charge in [0.2, 0.25) is 0 Å². The van der Waals surface area contributed by atoms with E-state index in [1.807, 2.05) is 11.8 Å². The van der Waals surface area contributed by atoms with Gasteiger partial charge in [-0.3, -0.25) is 0 Å². The van der Waals surface area contributed by atoms with Crippen LogP contribution in [0.2, 0.25) is 0 Å². The highest BCUT2D eigenvalue weighted by Crippen LogP contribution is 2.23. The number of rotatable bonds is 3. The third kappa shape index (κ3) is 2.76. The van der Waals surface area contributed by atoms with Crippen molar-refractivity contribution >= 4 is 11.8 Å². The fourth-order valence-corrected chi connectivity index (χ4v) is 2.57. The van der Waals surface area contributed by atoms with Crippen LogP contribution in [0.3, 0.4) is 0 Å². The first kappa shape index (κ1) is 10.1. The minimum absolute atomic E-state index is 0.487. The van der Waals surface area contributed by atoms with Gasteiger partial charge in [-0.05, 0) is 31.9 Å². The monoisotopic (exact) mass is 208 g/mol. The van der Waals surface area contributed by atoms with Crippen molar-refractivity contribution < 1.29 is 4.74 Å². The Hall–Kier alpha value is -0.470. The molecule has 0 spiro atoms. The quantitative estimate of drug-likeness (QED) is 0.705. The summed E-state index contributed by atoms with van der Waals surface area (Å²) in [5.41, 5.74) is 1.33. The lowest BCUT2D eigenvalue weighted by Gasteiger charge is -2.08. The highest BCUT2D eigenvalue weighted by Gasteiger charge is 2.15. The number of benzene rings is 1. The highest BCUT2D eigenvalue weighted by atomic mass is 32.2. The summed E-state index contributed by atoms with van der Waals surface area (Å²) in [6, 6.07) is 8.71. The SMILES string of the molecule is Cc1ccc(SC[C@H]2CCCO2)cc1. The molecule has 14 heavy (non-hydrogen) atoms. The van der Waals surface area contributed by atoms with Crippen molar-refractivity contribution in [2.75, 3.05) is 12.4 Å². The molecule has 0 saturated carbocycles. The predicted octanol–water partition coefficient (Wildman–Crippen LogP) is 3.27. The lowest BCUT2D eigenvalue weighted by molar-refractivity contribution is 0.129. The summed E-state index contributed by atoms with van der Waals surface area (Å²) < 4.78 is 5.58. The van der Waals surface area contributed by atoms with Crippen molar-refractivity contribution in [1.29, 1.82) is 0 Å². The Morgan fingerprint density at radius 3 is 2.79 bits per heavy atom. The molecule has 0 N–H and O–H groups in total. The Bertz CT molecular complexity index is 275. The van der Waals surface area contributed by atoms with E-state index >= 15 is 0 Å². The van der Waals surface area contributed by atoms with Gasteiger partial charge in [0.1, 0.15) is 0 Å². The van der Waals surface area contributed by atoms with E-state index < -0.39 is 0 Å². The molecule has 0 aliphatic carbocycles. The Morgan fingerprint density at radius 1 is 1.36 bits per heavy atom. The molecular weight excluding hydrogens is 192 g/mol. The van der Waals surface area contributed by atoms with Crippen LogP contribution in [-0.2, 0) is 4.74 Å². The van der Waals surface area contributed by atoms with Crippen LogP contribution in [0.25, 0.3) is 0 Å². The summed E-state index contributed by atoms with van der Waals surface area (Å²) >= 11 is 1.90. The third-order valence-electron chi connectivity index (χ3n) is 2.48. The average Bonchev–Trinajstić information content (AvgIpc) is 2.70. The van der Waals surface area contributed by atoms with Gasteiger partial charge in [0, 0.05) is 17.3 Å². The zero-order chi connectivity index (χ0) is 9.80. The minimum atomic E-state index is 0.487. The van der Waals surface area contributed by atoms with Crippen molar-refractivity contribution in [1.82, 2.24) is 0 Å². The van der Waals surface area contributed by atoms with Gasteiger partial charge in [-0.1, -0.05) is 17.7 Å². The molecule has 0 bridgehead atoms. The topological polar surface area (TPSA) is 9.23 Å². The average molecular weight is 208 g/mol. The molecular formula is C12H16OS. The van der Waals surface area contributed by atoms with E-state index in [9.17, 15) is 0 Å². The molecule has 0 radical (unpaired) electrons. The maximum Gasteiger partial charge on any atom is 0.0669 e. The summed E-state index contributed by atoms with van der Waals surface area (Å²) in [5, 5.41) is 0. The first-order valence-electron chi connectivity index (χ1n) is 5.16. The van der Waals surface area contributed by atoms with E-state index in [4.69, 9.17) is 4.74 Å². The van der Waals surface area contributed by atoms with E-state index in [1.54, 1.807) is 0 Å².